The molecular formula is C15H20N2O3S. The predicted molar refractivity (Wildman–Crippen MR) is 81.1 cm³/mol. The summed E-state index contributed by atoms with van der Waals surface area (Å²) >= 11 is 0. The lowest BCUT2D eigenvalue weighted by Crippen LogP contribution is -2.26. The maximum Gasteiger partial charge on any atom is 0.243 e. The maximum atomic E-state index is 12.5. The molecule has 1 aromatic carbocycles. The van der Waals surface area contributed by atoms with E-state index in [2.05, 4.69) is 0 Å². The molecule has 0 spiro atoms. The zero-order valence-corrected chi connectivity index (χ0v) is 13.2. The number of benzene rings is 1. The van der Waals surface area contributed by atoms with Crippen LogP contribution in [0.3, 0.4) is 0 Å². The maximum absolute atomic E-state index is 12.5. The summed E-state index contributed by atoms with van der Waals surface area (Å²) in [4.78, 5) is 0.248. The Morgan fingerprint density at radius 1 is 1.19 bits per heavy atom. The topological polar surface area (TPSA) is 76.5 Å². The molecule has 2 N–H and O–H groups in total. The van der Waals surface area contributed by atoms with Crippen molar-refractivity contribution in [1.82, 2.24) is 4.31 Å². The molecule has 0 radical (unpaired) electrons. The van der Waals surface area contributed by atoms with Crippen molar-refractivity contribution in [3.8, 4) is 0 Å². The Kier molecular flexibility index (Phi) is 4.51. The molecule has 0 aliphatic heterocycles. The number of nitrogens with two attached hydrogens (primary N) is 1. The first-order chi connectivity index (χ1) is 9.80. The second-order valence-corrected chi connectivity index (χ2v) is 7.18. The molecule has 6 heteroatoms. The fourth-order valence-electron chi connectivity index (χ4n) is 2.00. The van der Waals surface area contributed by atoms with E-state index >= 15 is 0 Å². The molecule has 1 aromatic heterocycles. The van der Waals surface area contributed by atoms with Gasteiger partial charge in [-0.15, -0.1) is 0 Å². The third-order valence-corrected chi connectivity index (χ3v) is 5.11. The van der Waals surface area contributed by atoms with Gasteiger partial charge in [0.1, 0.15) is 11.5 Å². The Labute approximate surface area is 125 Å². The third kappa shape index (κ3) is 3.53. The Balaban J connectivity index is 2.20. The summed E-state index contributed by atoms with van der Waals surface area (Å²) in [7, 11) is -2.00. The van der Waals surface area contributed by atoms with E-state index in [-0.39, 0.29) is 17.5 Å². The molecule has 0 bridgehead atoms. The van der Waals surface area contributed by atoms with Gasteiger partial charge in [0, 0.05) is 13.1 Å². The number of furan rings is 1. The van der Waals surface area contributed by atoms with Gasteiger partial charge in [0.05, 0.1) is 11.4 Å². The lowest BCUT2D eigenvalue weighted by Gasteiger charge is -2.16. The minimum Gasteiger partial charge on any atom is -0.465 e. The zero-order chi connectivity index (χ0) is 15.6. The highest BCUT2D eigenvalue weighted by Crippen LogP contribution is 2.19. The molecule has 0 aliphatic carbocycles. The highest BCUT2D eigenvalue weighted by atomic mass is 32.2. The molecule has 5 nitrogen and oxygen atoms in total. The van der Waals surface area contributed by atoms with E-state index in [4.69, 9.17) is 10.2 Å². The largest absolute Gasteiger partial charge is 0.465 e. The summed E-state index contributed by atoms with van der Waals surface area (Å²) in [6, 6.07) is 10.1. The summed E-state index contributed by atoms with van der Waals surface area (Å²) in [6.07, 6.45) is 0. The molecule has 2 aromatic rings. The lowest BCUT2D eigenvalue weighted by molar-refractivity contribution is 0.397. The fourth-order valence-corrected chi connectivity index (χ4v) is 3.13. The van der Waals surface area contributed by atoms with Crippen molar-refractivity contribution < 1.29 is 12.8 Å². The summed E-state index contributed by atoms with van der Waals surface area (Å²) in [6.45, 7) is 3.88. The van der Waals surface area contributed by atoms with E-state index in [1.165, 1.54) is 11.4 Å². The fraction of sp³-hybridized carbons (Fsp3) is 0.333. The first-order valence-corrected chi connectivity index (χ1v) is 8.12. The monoisotopic (exact) mass is 308 g/mol. The highest BCUT2D eigenvalue weighted by Gasteiger charge is 2.22. The van der Waals surface area contributed by atoms with Gasteiger partial charge >= 0.3 is 0 Å². The molecule has 0 saturated carbocycles. The van der Waals surface area contributed by atoms with Crippen LogP contribution in [0.5, 0.6) is 0 Å². The Morgan fingerprint density at radius 2 is 1.81 bits per heavy atom. The van der Waals surface area contributed by atoms with Gasteiger partial charge in [0.15, 0.2) is 0 Å². The minimum atomic E-state index is -3.54. The van der Waals surface area contributed by atoms with Crippen LogP contribution in [0.15, 0.2) is 45.7 Å². The number of aryl methyl sites for hydroxylation is 1. The number of hydrogen-bond acceptors (Lipinski definition) is 4. The van der Waals surface area contributed by atoms with Crippen molar-refractivity contribution in [3.05, 3.63) is 53.5 Å². The second kappa shape index (κ2) is 6.01. The number of nitrogens with zero attached hydrogens (tertiary/aromatic N) is 1. The number of sulfonamides is 1. The van der Waals surface area contributed by atoms with Crippen molar-refractivity contribution in [1.29, 1.82) is 0 Å². The van der Waals surface area contributed by atoms with Crippen LogP contribution in [0.4, 0.5) is 0 Å². The van der Waals surface area contributed by atoms with Crippen LogP contribution < -0.4 is 5.73 Å². The molecule has 21 heavy (non-hydrogen) atoms. The highest BCUT2D eigenvalue weighted by molar-refractivity contribution is 7.89. The van der Waals surface area contributed by atoms with Crippen LogP contribution in [0.2, 0.25) is 0 Å². The zero-order valence-electron chi connectivity index (χ0n) is 12.4. The normalized spacial score (nSPS) is 13.6. The molecule has 1 heterocycles. The Morgan fingerprint density at radius 3 is 2.29 bits per heavy atom. The molecule has 2 rings (SSSR count). The van der Waals surface area contributed by atoms with Crippen LogP contribution in [0.1, 0.15) is 30.0 Å². The standard InChI is InChI=1S/C15H20N2O3S/c1-11-4-7-14(20-11)10-17(3)21(18,19)15-8-5-13(6-9-15)12(2)16/h4-9,12H,10,16H2,1-3H3. The second-order valence-electron chi connectivity index (χ2n) is 5.13. The van der Waals surface area contributed by atoms with Gasteiger partial charge in [-0.05, 0) is 43.7 Å². The van der Waals surface area contributed by atoms with Gasteiger partial charge in [0.25, 0.3) is 0 Å². The smallest absolute Gasteiger partial charge is 0.243 e. The third-order valence-electron chi connectivity index (χ3n) is 3.29. The molecule has 1 atom stereocenters. The van der Waals surface area contributed by atoms with E-state index in [0.29, 0.717) is 5.76 Å². The first-order valence-electron chi connectivity index (χ1n) is 6.68. The molecule has 114 valence electrons. The summed E-state index contributed by atoms with van der Waals surface area (Å²) in [5.74, 6) is 1.38. The lowest BCUT2D eigenvalue weighted by atomic mass is 10.1. The molecular weight excluding hydrogens is 288 g/mol. The number of hydrogen-bond donors (Lipinski definition) is 1. The summed E-state index contributed by atoms with van der Waals surface area (Å²) in [5.41, 5.74) is 6.67. The van der Waals surface area contributed by atoms with E-state index in [0.717, 1.165) is 11.3 Å². The van der Waals surface area contributed by atoms with Crippen LogP contribution in [0.25, 0.3) is 0 Å². The van der Waals surface area contributed by atoms with Crippen molar-refractivity contribution >= 4 is 10.0 Å². The van der Waals surface area contributed by atoms with Crippen molar-refractivity contribution in [2.45, 2.75) is 31.3 Å². The van der Waals surface area contributed by atoms with Crippen LogP contribution >= 0.6 is 0 Å². The minimum absolute atomic E-state index is 0.120. The number of rotatable bonds is 5. The van der Waals surface area contributed by atoms with Gasteiger partial charge < -0.3 is 10.2 Å². The average molecular weight is 308 g/mol. The van der Waals surface area contributed by atoms with Gasteiger partial charge in [-0.2, -0.15) is 4.31 Å². The van der Waals surface area contributed by atoms with Gasteiger partial charge in [-0.1, -0.05) is 12.1 Å². The van der Waals surface area contributed by atoms with Crippen molar-refractivity contribution in [3.63, 3.8) is 0 Å². The van der Waals surface area contributed by atoms with E-state index in [1.54, 1.807) is 30.3 Å². The van der Waals surface area contributed by atoms with Crippen molar-refractivity contribution in [2.75, 3.05) is 7.05 Å². The van der Waals surface area contributed by atoms with Gasteiger partial charge in [-0.25, -0.2) is 8.42 Å². The average Bonchev–Trinajstić information content (AvgIpc) is 2.84. The van der Waals surface area contributed by atoms with Crippen molar-refractivity contribution in [2.24, 2.45) is 5.73 Å². The van der Waals surface area contributed by atoms with E-state index in [1.807, 2.05) is 19.9 Å². The van der Waals surface area contributed by atoms with Crippen LogP contribution in [0, 0.1) is 6.92 Å². The van der Waals surface area contributed by atoms with Gasteiger partial charge in [0.2, 0.25) is 10.0 Å². The van der Waals surface area contributed by atoms with Gasteiger partial charge in [-0.3, -0.25) is 0 Å². The molecule has 0 saturated heterocycles. The summed E-state index contributed by atoms with van der Waals surface area (Å²) < 4.78 is 31.6. The predicted octanol–water partition coefficient (Wildman–Crippen LogP) is 2.43. The Bertz CT molecular complexity index is 703. The summed E-state index contributed by atoms with van der Waals surface area (Å²) in [5, 5.41) is 0. The van der Waals surface area contributed by atoms with E-state index < -0.39 is 10.0 Å². The van der Waals surface area contributed by atoms with Crippen LogP contribution in [-0.4, -0.2) is 19.8 Å². The SMILES string of the molecule is Cc1ccc(CN(C)S(=O)(=O)c2ccc(C(C)N)cc2)o1. The molecule has 0 fully saturated rings. The Hall–Kier alpha value is -1.63. The molecule has 0 amide bonds. The van der Waals surface area contributed by atoms with Crippen LogP contribution in [-0.2, 0) is 16.6 Å². The first kappa shape index (κ1) is 15.8. The molecule has 1 unspecified atom stereocenters. The molecule has 0 aliphatic rings. The quantitative estimate of drug-likeness (QED) is 0.920. The van der Waals surface area contributed by atoms with E-state index in [9.17, 15) is 8.42 Å².